The van der Waals surface area contributed by atoms with Gasteiger partial charge in [-0.15, -0.1) is 0 Å². The fraction of sp³-hybridized carbons (Fsp3) is 0.500. The van der Waals surface area contributed by atoms with Gasteiger partial charge in [-0.05, 0) is 6.07 Å². The Kier molecular flexibility index (Phi) is 3.58. The number of para-hydroxylation sites is 2. The molecule has 92 valence electrons. The summed E-state index contributed by atoms with van der Waals surface area (Å²) in [5, 5.41) is 11.0. The summed E-state index contributed by atoms with van der Waals surface area (Å²) in [6.07, 6.45) is 1.08. The zero-order valence-corrected chi connectivity index (χ0v) is 10.1. The van der Waals surface area contributed by atoms with Crippen molar-refractivity contribution in [1.82, 2.24) is 0 Å². The predicted octanol–water partition coefficient (Wildman–Crippen LogP) is 0.320. The molecule has 1 atom stereocenters. The fourth-order valence-electron chi connectivity index (χ4n) is 2.26. The maximum Gasteiger partial charge on any atom is 0.292 e. The number of quaternary nitrogens is 1. The zero-order valence-electron chi connectivity index (χ0n) is 10.1. The van der Waals surface area contributed by atoms with Crippen LogP contribution < -0.4 is 9.80 Å². The number of anilines is 1. The summed E-state index contributed by atoms with van der Waals surface area (Å²) < 4.78 is 0. The highest BCUT2D eigenvalue weighted by Gasteiger charge is 2.21. The molecule has 0 saturated carbocycles. The molecule has 0 bridgehead atoms. The molecule has 0 aliphatic carbocycles. The SMILES string of the molecule is C[NH+]1CCCN(c2ccccc2[N+](=O)[O-])CC1. The lowest BCUT2D eigenvalue weighted by Crippen LogP contribution is -3.09. The molecule has 2 rings (SSSR count). The molecule has 0 radical (unpaired) electrons. The van der Waals surface area contributed by atoms with E-state index >= 15 is 0 Å². The van der Waals surface area contributed by atoms with Crippen LogP contribution in [0.25, 0.3) is 0 Å². The van der Waals surface area contributed by atoms with Gasteiger partial charge in [0.1, 0.15) is 5.69 Å². The quantitative estimate of drug-likeness (QED) is 0.594. The molecule has 17 heavy (non-hydrogen) atoms. The number of hydrogen-bond donors (Lipinski definition) is 1. The van der Waals surface area contributed by atoms with Gasteiger partial charge in [-0.3, -0.25) is 10.1 Å². The van der Waals surface area contributed by atoms with Gasteiger partial charge in [0.2, 0.25) is 0 Å². The number of benzene rings is 1. The average molecular weight is 236 g/mol. The molecule has 1 saturated heterocycles. The first kappa shape index (κ1) is 11.9. The molecule has 1 aliphatic rings. The normalized spacial score (nSPS) is 21.0. The van der Waals surface area contributed by atoms with Gasteiger partial charge in [0.25, 0.3) is 5.69 Å². The summed E-state index contributed by atoms with van der Waals surface area (Å²) in [6, 6.07) is 7.01. The van der Waals surface area contributed by atoms with Crippen molar-refractivity contribution in [2.45, 2.75) is 6.42 Å². The number of rotatable bonds is 2. The number of likely N-dealkylation sites (N-methyl/N-ethyl adjacent to an activating group) is 1. The highest BCUT2D eigenvalue weighted by molar-refractivity contribution is 5.63. The number of nitro benzene ring substituents is 1. The lowest BCUT2D eigenvalue weighted by Gasteiger charge is -2.21. The molecular formula is C12H18N3O2+. The Balaban J connectivity index is 2.24. The van der Waals surface area contributed by atoms with Crippen LogP contribution in [-0.2, 0) is 0 Å². The second kappa shape index (κ2) is 5.14. The molecule has 1 fully saturated rings. The van der Waals surface area contributed by atoms with Crippen molar-refractivity contribution >= 4 is 11.4 Å². The van der Waals surface area contributed by atoms with Gasteiger partial charge >= 0.3 is 0 Å². The van der Waals surface area contributed by atoms with Gasteiger partial charge < -0.3 is 9.80 Å². The van der Waals surface area contributed by atoms with Crippen LogP contribution in [0.2, 0.25) is 0 Å². The first-order valence-electron chi connectivity index (χ1n) is 5.98. The third kappa shape index (κ3) is 2.74. The van der Waals surface area contributed by atoms with Gasteiger partial charge in [0.05, 0.1) is 31.6 Å². The Morgan fingerprint density at radius 2 is 2.06 bits per heavy atom. The van der Waals surface area contributed by atoms with E-state index in [9.17, 15) is 10.1 Å². The minimum atomic E-state index is -0.295. The van der Waals surface area contributed by atoms with E-state index in [2.05, 4.69) is 11.9 Å². The first-order valence-corrected chi connectivity index (χ1v) is 5.98. The summed E-state index contributed by atoms with van der Waals surface area (Å²) in [6.45, 7) is 3.96. The minimum Gasteiger partial charge on any atom is -0.360 e. The monoisotopic (exact) mass is 236 g/mol. The molecule has 0 spiro atoms. The van der Waals surface area contributed by atoms with E-state index in [4.69, 9.17) is 0 Å². The fourth-order valence-corrected chi connectivity index (χ4v) is 2.26. The number of hydrogen-bond acceptors (Lipinski definition) is 3. The molecule has 5 nitrogen and oxygen atoms in total. The number of nitrogens with zero attached hydrogens (tertiary/aromatic N) is 2. The van der Waals surface area contributed by atoms with Gasteiger partial charge in [-0.1, -0.05) is 12.1 Å². The Morgan fingerprint density at radius 3 is 2.82 bits per heavy atom. The van der Waals surface area contributed by atoms with Crippen LogP contribution in [0, 0.1) is 10.1 Å². The van der Waals surface area contributed by atoms with Crippen LogP contribution in [0.4, 0.5) is 11.4 Å². The van der Waals surface area contributed by atoms with Gasteiger partial charge in [0, 0.05) is 19.0 Å². The standard InChI is InChI=1S/C12H17N3O2/c1-13-7-4-8-14(10-9-13)11-5-2-3-6-12(11)15(16)17/h2-3,5-6H,4,7-10H2,1H3/p+1. The molecule has 1 heterocycles. The molecule has 0 aromatic heterocycles. The topological polar surface area (TPSA) is 50.8 Å². The van der Waals surface area contributed by atoms with Crippen molar-refractivity contribution in [1.29, 1.82) is 0 Å². The Labute approximate surface area is 101 Å². The highest BCUT2D eigenvalue weighted by Crippen LogP contribution is 2.27. The molecule has 1 aromatic carbocycles. The van der Waals surface area contributed by atoms with Crippen molar-refractivity contribution in [2.24, 2.45) is 0 Å². The van der Waals surface area contributed by atoms with E-state index in [-0.39, 0.29) is 10.6 Å². The Hall–Kier alpha value is -1.62. The first-order chi connectivity index (χ1) is 8.18. The number of nitrogens with one attached hydrogen (secondary N) is 1. The minimum absolute atomic E-state index is 0.215. The van der Waals surface area contributed by atoms with E-state index in [1.165, 1.54) is 4.90 Å². The maximum absolute atomic E-state index is 11.0. The second-order valence-electron chi connectivity index (χ2n) is 4.54. The third-order valence-electron chi connectivity index (χ3n) is 3.26. The lowest BCUT2D eigenvalue weighted by molar-refractivity contribution is -0.876. The van der Waals surface area contributed by atoms with Crippen molar-refractivity contribution in [3.05, 3.63) is 34.4 Å². The third-order valence-corrected chi connectivity index (χ3v) is 3.26. The summed E-state index contributed by atoms with van der Waals surface area (Å²) in [5.74, 6) is 0. The lowest BCUT2D eigenvalue weighted by atomic mass is 10.2. The second-order valence-corrected chi connectivity index (χ2v) is 4.54. The van der Waals surface area contributed by atoms with Crippen molar-refractivity contribution in [3.8, 4) is 0 Å². The van der Waals surface area contributed by atoms with Crippen LogP contribution in [0.1, 0.15) is 6.42 Å². The van der Waals surface area contributed by atoms with Crippen LogP contribution in [0.3, 0.4) is 0 Å². The van der Waals surface area contributed by atoms with E-state index in [1.54, 1.807) is 12.1 Å². The largest absolute Gasteiger partial charge is 0.360 e. The predicted molar refractivity (Wildman–Crippen MR) is 66.5 cm³/mol. The molecule has 1 N–H and O–H groups in total. The van der Waals surface area contributed by atoms with Crippen LogP contribution in [-0.4, -0.2) is 38.2 Å². The zero-order chi connectivity index (χ0) is 12.3. The van der Waals surface area contributed by atoms with Crippen LogP contribution in [0.15, 0.2) is 24.3 Å². The summed E-state index contributed by atoms with van der Waals surface area (Å²) in [5.41, 5.74) is 0.972. The smallest absolute Gasteiger partial charge is 0.292 e. The van der Waals surface area contributed by atoms with E-state index in [1.807, 2.05) is 12.1 Å². The van der Waals surface area contributed by atoms with Crippen LogP contribution in [0.5, 0.6) is 0 Å². The maximum atomic E-state index is 11.0. The van der Waals surface area contributed by atoms with E-state index in [0.29, 0.717) is 0 Å². The van der Waals surface area contributed by atoms with Crippen molar-refractivity contribution < 1.29 is 9.82 Å². The Bertz CT molecular complexity index is 408. The summed E-state index contributed by atoms with van der Waals surface area (Å²) in [4.78, 5) is 14.3. The van der Waals surface area contributed by atoms with Crippen LogP contribution >= 0.6 is 0 Å². The van der Waals surface area contributed by atoms with E-state index in [0.717, 1.165) is 38.3 Å². The molecule has 5 heteroatoms. The summed E-state index contributed by atoms with van der Waals surface area (Å²) in [7, 11) is 2.17. The number of nitro groups is 1. The van der Waals surface area contributed by atoms with Gasteiger partial charge in [0.15, 0.2) is 0 Å². The van der Waals surface area contributed by atoms with Gasteiger partial charge in [-0.25, -0.2) is 0 Å². The highest BCUT2D eigenvalue weighted by atomic mass is 16.6. The van der Waals surface area contributed by atoms with Gasteiger partial charge in [-0.2, -0.15) is 0 Å². The molecule has 1 unspecified atom stereocenters. The molecule has 1 aromatic rings. The molecule has 0 amide bonds. The van der Waals surface area contributed by atoms with Crippen molar-refractivity contribution in [3.63, 3.8) is 0 Å². The molecular weight excluding hydrogens is 218 g/mol. The van der Waals surface area contributed by atoms with Crippen molar-refractivity contribution in [2.75, 3.05) is 38.1 Å². The summed E-state index contributed by atoms with van der Waals surface area (Å²) >= 11 is 0. The Morgan fingerprint density at radius 1 is 1.29 bits per heavy atom. The molecule has 1 aliphatic heterocycles. The average Bonchev–Trinajstić information content (AvgIpc) is 2.54. The van der Waals surface area contributed by atoms with E-state index < -0.39 is 0 Å².